The predicted molar refractivity (Wildman–Crippen MR) is 121 cm³/mol. The van der Waals surface area contributed by atoms with Gasteiger partial charge in [-0.3, -0.25) is 9.69 Å². The zero-order valence-corrected chi connectivity index (χ0v) is 18.3. The van der Waals surface area contributed by atoms with Gasteiger partial charge < -0.3 is 15.2 Å². The summed E-state index contributed by atoms with van der Waals surface area (Å²) in [6, 6.07) is 11.2. The Kier molecular flexibility index (Phi) is 7.20. The van der Waals surface area contributed by atoms with Crippen LogP contribution in [0, 0.1) is 6.92 Å². The van der Waals surface area contributed by atoms with Gasteiger partial charge in [0.2, 0.25) is 0 Å². The lowest BCUT2D eigenvalue weighted by Crippen LogP contribution is -2.33. The second-order valence-corrected chi connectivity index (χ2v) is 8.67. The van der Waals surface area contributed by atoms with E-state index < -0.39 is 12.0 Å². The molecule has 2 atom stereocenters. The van der Waals surface area contributed by atoms with Gasteiger partial charge in [0.1, 0.15) is 11.9 Å². The number of benzene rings is 1. The monoisotopic (exact) mass is 423 g/mol. The minimum atomic E-state index is -0.797. The number of fused-ring (bicyclic) bond motifs is 1. The molecule has 1 saturated heterocycles. The van der Waals surface area contributed by atoms with Gasteiger partial charge in [-0.2, -0.15) is 0 Å². The van der Waals surface area contributed by atoms with Crippen LogP contribution >= 0.6 is 0 Å². The van der Waals surface area contributed by atoms with Gasteiger partial charge in [0.15, 0.2) is 0 Å². The maximum Gasteiger partial charge on any atom is 0.325 e. The molecule has 2 aliphatic heterocycles. The molecule has 166 valence electrons. The minimum Gasteiger partial charge on any atom is -0.480 e. The number of carboxylic acid groups (broad SMARTS) is 1. The maximum absolute atomic E-state index is 11.9. The van der Waals surface area contributed by atoms with Crippen LogP contribution < -0.4 is 5.32 Å². The van der Waals surface area contributed by atoms with Gasteiger partial charge in [-0.15, -0.1) is 0 Å². The normalized spacial score (nSPS) is 19.6. The molecule has 2 N–H and O–H groups in total. The van der Waals surface area contributed by atoms with E-state index in [4.69, 9.17) is 9.72 Å². The SMILES string of the molecule is Cc1cc2c(nc1CCCCO[C@@H]1CCN([C@@H](C(=O)O)c3ccccc3)C1)NCCC2. The van der Waals surface area contributed by atoms with Gasteiger partial charge in [0, 0.05) is 31.9 Å². The zero-order valence-electron chi connectivity index (χ0n) is 18.3. The van der Waals surface area contributed by atoms with E-state index in [-0.39, 0.29) is 6.10 Å². The van der Waals surface area contributed by atoms with Crippen LogP contribution in [0.4, 0.5) is 5.82 Å². The lowest BCUT2D eigenvalue weighted by molar-refractivity contribution is -0.143. The van der Waals surface area contributed by atoms with Gasteiger partial charge in [-0.25, -0.2) is 4.98 Å². The molecule has 3 heterocycles. The van der Waals surface area contributed by atoms with Crippen molar-refractivity contribution in [3.05, 3.63) is 58.8 Å². The van der Waals surface area contributed by atoms with Crippen molar-refractivity contribution in [2.75, 3.05) is 31.6 Å². The van der Waals surface area contributed by atoms with Gasteiger partial charge in [-0.05, 0) is 62.1 Å². The minimum absolute atomic E-state index is 0.110. The highest BCUT2D eigenvalue weighted by Crippen LogP contribution is 2.27. The number of rotatable bonds is 9. The quantitative estimate of drug-likeness (QED) is 0.594. The number of hydrogen-bond donors (Lipinski definition) is 2. The van der Waals surface area contributed by atoms with Gasteiger partial charge in [-0.1, -0.05) is 36.4 Å². The summed E-state index contributed by atoms with van der Waals surface area (Å²) < 4.78 is 6.09. The number of aliphatic carboxylic acids is 1. The Morgan fingerprint density at radius 1 is 1.32 bits per heavy atom. The molecule has 0 bridgehead atoms. The van der Waals surface area contributed by atoms with Crippen molar-refractivity contribution in [2.24, 2.45) is 0 Å². The summed E-state index contributed by atoms with van der Waals surface area (Å²) in [5, 5.41) is 13.2. The molecule has 0 radical (unpaired) electrons. The molecule has 31 heavy (non-hydrogen) atoms. The van der Waals surface area contributed by atoms with E-state index in [9.17, 15) is 9.90 Å². The largest absolute Gasteiger partial charge is 0.480 e. The number of aromatic nitrogens is 1. The van der Waals surface area contributed by atoms with Crippen molar-refractivity contribution >= 4 is 11.8 Å². The van der Waals surface area contributed by atoms with Crippen LogP contribution in [-0.2, 0) is 22.4 Å². The molecule has 0 saturated carbocycles. The summed E-state index contributed by atoms with van der Waals surface area (Å²) in [4.78, 5) is 18.7. The first-order valence-corrected chi connectivity index (χ1v) is 11.5. The number of hydrogen-bond acceptors (Lipinski definition) is 5. The van der Waals surface area contributed by atoms with E-state index in [1.54, 1.807) is 0 Å². The Balaban J connectivity index is 1.21. The number of carbonyl (C=O) groups is 1. The Hall–Kier alpha value is -2.44. The molecule has 6 nitrogen and oxygen atoms in total. The highest BCUT2D eigenvalue weighted by molar-refractivity contribution is 5.75. The van der Waals surface area contributed by atoms with E-state index in [0.717, 1.165) is 56.6 Å². The van der Waals surface area contributed by atoms with Crippen molar-refractivity contribution in [3.63, 3.8) is 0 Å². The van der Waals surface area contributed by atoms with Crippen LogP contribution in [0.3, 0.4) is 0 Å². The Morgan fingerprint density at radius 2 is 2.16 bits per heavy atom. The summed E-state index contributed by atoms with van der Waals surface area (Å²) in [6.07, 6.45) is 6.30. The van der Waals surface area contributed by atoms with Gasteiger partial charge >= 0.3 is 5.97 Å². The fraction of sp³-hybridized carbons (Fsp3) is 0.520. The highest BCUT2D eigenvalue weighted by Gasteiger charge is 2.33. The molecule has 2 aromatic rings. The Labute approximate surface area is 184 Å². The lowest BCUT2D eigenvalue weighted by atomic mass is 10.0. The summed E-state index contributed by atoms with van der Waals surface area (Å²) in [6.45, 7) is 5.31. The predicted octanol–water partition coefficient (Wildman–Crippen LogP) is 3.99. The van der Waals surface area contributed by atoms with Crippen molar-refractivity contribution in [3.8, 4) is 0 Å². The Morgan fingerprint density at radius 3 is 2.97 bits per heavy atom. The van der Waals surface area contributed by atoms with Crippen molar-refractivity contribution in [1.82, 2.24) is 9.88 Å². The number of carboxylic acids is 1. The molecular weight excluding hydrogens is 390 g/mol. The summed E-state index contributed by atoms with van der Waals surface area (Å²) >= 11 is 0. The third-order valence-electron chi connectivity index (χ3n) is 6.36. The first-order valence-electron chi connectivity index (χ1n) is 11.5. The first kappa shape index (κ1) is 21.8. The second-order valence-electron chi connectivity index (χ2n) is 8.67. The molecule has 4 rings (SSSR count). The number of aryl methyl sites for hydroxylation is 3. The van der Waals surface area contributed by atoms with Crippen molar-refractivity contribution in [2.45, 2.75) is 57.6 Å². The van der Waals surface area contributed by atoms with Crippen molar-refractivity contribution in [1.29, 1.82) is 0 Å². The van der Waals surface area contributed by atoms with E-state index in [0.29, 0.717) is 13.2 Å². The third kappa shape index (κ3) is 5.43. The second kappa shape index (κ2) is 10.2. The van der Waals surface area contributed by atoms with Gasteiger partial charge in [0.05, 0.1) is 6.10 Å². The molecule has 1 aromatic carbocycles. The van der Waals surface area contributed by atoms with E-state index in [1.165, 1.54) is 23.2 Å². The number of pyridine rings is 1. The molecule has 1 aromatic heterocycles. The van der Waals surface area contributed by atoms with E-state index in [1.807, 2.05) is 35.2 Å². The molecule has 0 spiro atoms. The van der Waals surface area contributed by atoms with Crippen LogP contribution in [0.2, 0.25) is 0 Å². The number of unbranched alkanes of at least 4 members (excludes halogenated alkanes) is 1. The molecule has 1 fully saturated rings. The van der Waals surface area contributed by atoms with E-state index >= 15 is 0 Å². The molecule has 0 amide bonds. The molecule has 0 unspecified atom stereocenters. The fourth-order valence-corrected chi connectivity index (χ4v) is 4.70. The van der Waals surface area contributed by atoms with Crippen LogP contribution in [0.1, 0.15) is 54.1 Å². The Bertz CT molecular complexity index is 887. The zero-order chi connectivity index (χ0) is 21.6. The van der Waals surface area contributed by atoms with Crippen LogP contribution in [-0.4, -0.2) is 53.3 Å². The average Bonchev–Trinajstić information content (AvgIpc) is 3.22. The summed E-state index contributed by atoms with van der Waals surface area (Å²) in [5.74, 6) is 0.273. The fourth-order valence-electron chi connectivity index (χ4n) is 4.70. The van der Waals surface area contributed by atoms with Gasteiger partial charge in [0.25, 0.3) is 0 Å². The summed E-state index contributed by atoms with van der Waals surface area (Å²) in [7, 11) is 0. The van der Waals surface area contributed by atoms with Crippen LogP contribution in [0.5, 0.6) is 0 Å². The summed E-state index contributed by atoms with van der Waals surface area (Å²) in [5.41, 5.74) is 4.65. The number of ether oxygens (including phenoxy) is 1. The molecule has 6 heteroatoms. The van der Waals surface area contributed by atoms with Crippen LogP contribution in [0.25, 0.3) is 0 Å². The maximum atomic E-state index is 11.9. The molecule has 2 aliphatic rings. The van der Waals surface area contributed by atoms with Crippen LogP contribution in [0.15, 0.2) is 36.4 Å². The standard InChI is InChI=1S/C25H33N3O3/c1-18-16-20-10-7-13-26-24(20)27-22(18)11-5-6-15-31-21-12-14-28(17-21)23(25(29)30)19-8-3-2-4-9-19/h2-4,8-9,16,21,23H,5-7,10-15,17H2,1H3,(H,26,27)(H,29,30)/t21-,23-/m1/s1. The molecular formula is C25H33N3O3. The van der Waals surface area contributed by atoms with E-state index in [2.05, 4.69) is 18.3 Å². The number of nitrogens with zero attached hydrogens (tertiary/aromatic N) is 2. The van der Waals surface area contributed by atoms with Crippen molar-refractivity contribution < 1.29 is 14.6 Å². The third-order valence-corrected chi connectivity index (χ3v) is 6.36. The smallest absolute Gasteiger partial charge is 0.325 e. The number of nitrogens with one attached hydrogen (secondary N) is 1. The average molecular weight is 424 g/mol. The highest BCUT2D eigenvalue weighted by atomic mass is 16.5. The molecule has 0 aliphatic carbocycles. The lowest BCUT2D eigenvalue weighted by Gasteiger charge is -2.24. The number of likely N-dealkylation sites (tertiary alicyclic amines) is 1. The first-order chi connectivity index (χ1) is 15.1. The topological polar surface area (TPSA) is 74.7 Å². The number of anilines is 1.